The molecule has 0 aromatic carbocycles. The highest BCUT2D eigenvalue weighted by Gasteiger charge is 2.53. The fraction of sp³-hybridized carbons (Fsp3) is 0.444. The summed E-state index contributed by atoms with van der Waals surface area (Å²) < 4.78 is 55.1. The van der Waals surface area contributed by atoms with E-state index in [2.05, 4.69) is 30.7 Å². The summed E-state index contributed by atoms with van der Waals surface area (Å²) >= 11 is 0. The monoisotopic (exact) mass is 441 g/mol. The molecule has 9 nitrogen and oxygen atoms in total. The van der Waals surface area contributed by atoms with E-state index in [1.54, 1.807) is 0 Å². The lowest BCUT2D eigenvalue weighted by Gasteiger charge is -2.27. The molecule has 0 saturated carbocycles. The van der Waals surface area contributed by atoms with Crippen molar-refractivity contribution in [3.8, 4) is 11.4 Å². The van der Waals surface area contributed by atoms with Gasteiger partial charge in [-0.3, -0.25) is 4.98 Å². The lowest BCUT2D eigenvalue weighted by Crippen LogP contribution is -2.41. The summed E-state index contributed by atoms with van der Waals surface area (Å²) in [7, 11) is 0. The first-order chi connectivity index (χ1) is 14.6. The number of nitrogens with zero attached hydrogens (tertiary/aromatic N) is 5. The number of fused-ring (bicyclic) bond motifs is 1. The number of anilines is 1. The van der Waals surface area contributed by atoms with Crippen LogP contribution in [0.1, 0.15) is 18.2 Å². The topological polar surface area (TPSA) is 120 Å². The fourth-order valence-corrected chi connectivity index (χ4v) is 3.33. The molecule has 0 radical (unpaired) electrons. The molecule has 13 heteroatoms. The predicted molar refractivity (Wildman–Crippen MR) is 101 cm³/mol. The van der Waals surface area contributed by atoms with E-state index in [0.717, 1.165) is 4.52 Å². The number of hydrogen-bond donors (Lipinski definition) is 4. The Morgan fingerprint density at radius 2 is 2.03 bits per heavy atom. The molecule has 166 valence electrons. The minimum atomic E-state index is -5.03. The number of rotatable bonds is 5. The number of aliphatic hydroxyl groups is 2. The molecule has 3 atom stereocenters. The molecule has 0 amide bonds. The Labute approximate surface area is 173 Å². The normalized spacial score (nSPS) is 21.4. The van der Waals surface area contributed by atoms with E-state index in [0.29, 0.717) is 13.5 Å². The summed E-state index contributed by atoms with van der Waals surface area (Å²) in [6.45, 7) is 0.414. The Morgan fingerprint density at radius 1 is 1.26 bits per heavy atom. The first-order valence-corrected chi connectivity index (χ1v) is 9.33. The largest absolute Gasteiger partial charge is 0.422 e. The number of aromatic nitrogens is 5. The van der Waals surface area contributed by atoms with Crippen molar-refractivity contribution in [2.75, 3.05) is 18.4 Å². The van der Waals surface area contributed by atoms with Crippen molar-refractivity contribution < 1.29 is 27.8 Å². The lowest BCUT2D eigenvalue weighted by molar-refractivity contribution is -0.261. The van der Waals surface area contributed by atoms with Gasteiger partial charge in [0.1, 0.15) is 29.1 Å². The van der Waals surface area contributed by atoms with E-state index in [-0.39, 0.29) is 35.0 Å². The van der Waals surface area contributed by atoms with Gasteiger partial charge in [0.15, 0.2) is 5.65 Å². The van der Waals surface area contributed by atoms with Crippen LogP contribution < -0.4 is 10.6 Å². The van der Waals surface area contributed by atoms with Gasteiger partial charge in [-0.2, -0.15) is 18.3 Å². The Kier molecular flexibility index (Phi) is 5.27. The summed E-state index contributed by atoms with van der Waals surface area (Å²) in [5.74, 6) is 0.276. The third-order valence-electron chi connectivity index (χ3n) is 5.13. The lowest BCUT2D eigenvalue weighted by atomic mass is 9.97. The van der Waals surface area contributed by atoms with Crippen LogP contribution in [-0.4, -0.2) is 66.3 Å². The van der Waals surface area contributed by atoms with Gasteiger partial charge in [-0.1, -0.05) is 0 Å². The van der Waals surface area contributed by atoms with E-state index in [4.69, 9.17) is 0 Å². The Morgan fingerprint density at radius 3 is 2.68 bits per heavy atom. The maximum Gasteiger partial charge on any atom is 0.422 e. The Hall–Kier alpha value is -2.90. The summed E-state index contributed by atoms with van der Waals surface area (Å²) in [5, 5.41) is 29.4. The molecule has 4 N–H and O–H groups in total. The van der Waals surface area contributed by atoms with Gasteiger partial charge in [0, 0.05) is 18.7 Å². The molecule has 4 heterocycles. The van der Waals surface area contributed by atoms with Gasteiger partial charge in [0.05, 0.1) is 31.2 Å². The smallest absolute Gasteiger partial charge is 0.392 e. The zero-order valence-electron chi connectivity index (χ0n) is 16.2. The van der Waals surface area contributed by atoms with Crippen LogP contribution >= 0.6 is 0 Å². The second-order valence-corrected chi connectivity index (χ2v) is 7.37. The van der Waals surface area contributed by atoms with Gasteiger partial charge >= 0.3 is 6.18 Å². The molecule has 3 aromatic heterocycles. The minimum Gasteiger partial charge on any atom is -0.392 e. The highest BCUT2D eigenvalue weighted by Crippen LogP contribution is 2.39. The van der Waals surface area contributed by atoms with E-state index in [1.165, 1.54) is 24.7 Å². The second-order valence-electron chi connectivity index (χ2n) is 7.37. The van der Waals surface area contributed by atoms with Crippen LogP contribution in [0, 0.1) is 0 Å². The van der Waals surface area contributed by atoms with Crippen LogP contribution in [0.5, 0.6) is 0 Å². The Bertz CT molecular complexity index is 1100. The molecule has 1 aliphatic rings. The highest BCUT2D eigenvalue weighted by molar-refractivity contribution is 5.61. The highest BCUT2D eigenvalue weighted by atomic mass is 19.4. The molecule has 3 aromatic rings. The molecule has 4 rings (SSSR count). The van der Waals surface area contributed by atoms with Gasteiger partial charge < -0.3 is 20.8 Å². The van der Waals surface area contributed by atoms with Crippen LogP contribution in [-0.2, 0) is 12.2 Å². The SMILES string of the molecule is CC(O)(c1nn2c(-c3cncc(N[C@H]4CNC[C@@H]4F)n3)cnc2cc1CO)C(F)(F)F. The van der Waals surface area contributed by atoms with Crippen molar-refractivity contribution in [2.24, 2.45) is 0 Å². The molecule has 0 aliphatic carbocycles. The van der Waals surface area contributed by atoms with Gasteiger partial charge in [-0.15, -0.1) is 0 Å². The van der Waals surface area contributed by atoms with Crippen LogP contribution in [0.3, 0.4) is 0 Å². The molecule has 0 bridgehead atoms. The first kappa shape index (κ1) is 21.3. The number of halogens is 4. The number of hydrogen-bond acceptors (Lipinski definition) is 8. The number of alkyl halides is 4. The third-order valence-corrected chi connectivity index (χ3v) is 5.13. The third kappa shape index (κ3) is 3.79. The van der Waals surface area contributed by atoms with E-state index in [9.17, 15) is 27.8 Å². The van der Waals surface area contributed by atoms with Crippen molar-refractivity contribution in [3.63, 3.8) is 0 Å². The fourth-order valence-electron chi connectivity index (χ4n) is 3.33. The van der Waals surface area contributed by atoms with Crippen molar-refractivity contribution in [2.45, 2.75) is 37.5 Å². The average molecular weight is 441 g/mol. The quantitative estimate of drug-likeness (QED) is 0.436. The molecule has 31 heavy (non-hydrogen) atoms. The maximum atomic E-state index is 13.8. The van der Waals surface area contributed by atoms with Crippen molar-refractivity contribution in [1.29, 1.82) is 0 Å². The molecule has 1 fully saturated rings. The van der Waals surface area contributed by atoms with Gasteiger partial charge in [-0.25, -0.2) is 18.9 Å². The van der Waals surface area contributed by atoms with Crippen LogP contribution in [0.25, 0.3) is 17.0 Å². The first-order valence-electron chi connectivity index (χ1n) is 9.33. The zero-order valence-corrected chi connectivity index (χ0v) is 16.2. The van der Waals surface area contributed by atoms with E-state index >= 15 is 0 Å². The van der Waals surface area contributed by atoms with Gasteiger partial charge in [0.25, 0.3) is 0 Å². The molecule has 0 spiro atoms. The standard InChI is InChI=1S/C18H19F4N7O2/c1-17(31,18(20,21)22)16-9(8-30)2-15-25-6-13(29(15)28-16)12-5-24-7-14(27-12)26-11-4-23-3-10(11)19/h2,5-7,10-11,23,30-31H,3-4,8H2,1H3,(H,26,27)/t10-,11-,17?/m0/s1. The molecule has 1 aliphatic heterocycles. The van der Waals surface area contributed by atoms with Gasteiger partial charge in [0.2, 0.25) is 5.60 Å². The average Bonchev–Trinajstić information content (AvgIpc) is 3.32. The summed E-state index contributed by atoms with van der Waals surface area (Å²) in [5.41, 5.74) is -3.70. The second kappa shape index (κ2) is 7.66. The number of imidazole rings is 1. The van der Waals surface area contributed by atoms with Crippen LogP contribution in [0.2, 0.25) is 0 Å². The zero-order chi connectivity index (χ0) is 22.4. The molecular formula is C18H19F4N7O2. The van der Waals surface area contributed by atoms with Crippen molar-refractivity contribution >= 4 is 11.5 Å². The van der Waals surface area contributed by atoms with Crippen molar-refractivity contribution in [1.82, 2.24) is 29.9 Å². The van der Waals surface area contributed by atoms with Crippen molar-refractivity contribution in [3.05, 3.63) is 35.9 Å². The Balaban J connectivity index is 1.77. The minimum absolute atomic E-state index is 0.143. The summed E-state index contributed by atoms with van der Waals surface area (Å²) in [6, 6.07) is 0.713. The van der Waals surface area contributed by atoms with Crippen LogP contribution in [0.4, 0.5) is 23.4 Å². The summed E-state index contributed by atoms with van der Waals surface area (Å²) in [6.07, 6.45) is -2.04. The summed E-state index contributed by atoms with van der Waals surface area (Å²) in [4.78, 5) is 12.5. The molecule has 1 unspecified atom stereocenters. The van der Waals surface area contributed by atoms with Crippen LogP contribution in [0.15, 0.2) is 24.7 Å². The van der Waals surface area contributed by atoms with E-state index < -0.39 is 36.3 Å². The molecular weight excluding hydrogens is 422 g/mol. The maximum absolute atomic E-state index is 13.8. The number of aliphatic hydroxyl groups excluding tert-OH is 1. The van der Waals surface area contributed by atoms with Gasteiger partial charge in [-0.05, 0) is 13.0 Å². The van der Waals surface area contributed by atoms with E-state index in [1.807, 2.05) is 0 Å². The predicted octanol–water partition coefficient (Wildman–Crippen LogP) is 1.17. The molecule has 1 saturated heterocycles. The number of nitrogens with one attached hydrogen (secondary N) is 2.